The zero-order valence-electron chi connectivity index (χ0n) is 5.94. The first kappa shape index (κ1) is 7.03. The third kappa shape index (κ3) is 2.33. The van der Waals surface area contributed by atoms with Crippen LogP contribution in [0.25, 0.3) is 0 Å². The van der Waals surface area contributed by atoms with E-state index in [1.807, 2.05) is 0 Å². The second-order valence-corrected chi connectivity index (χ2v) is 2.73. The summed E-state index contributed by atoms with van der Waals surface area (Å²) in [6.45, 7) is 3.07. The maximum atomic E-state index is 5.23. The molecule has 0 amide bonds. The molecule has 0 saturated carbocycles. The summed E-state index contributed by atoms with van der Waals surface area (Å²) in [5.74, 6) is 0.853. The van der Waals surface area contributed by atoms with Crippen molar-refractivity contribution in [1.82, 2.24) is 0 Å². The summed E-state index contributed by atoms with van der Waals surface area (Å²) in [4.78, 5) is 0. The van der Waals surface area contributed by atoms with Crippen molar-refractivity contribution in [1.29, 1.82) is 0 Å². The lowest BCUT2D eigenvalue weighted by atomic mass is 10.0. The minimum atomic E-state index is 0.853. The van der Waals surface area contributed by atoms with Crippen molar-refractivity contribution in [2.24, 2.45) is 5.92 Å². The molecule has 0 aromatic rings. The normalized spacial score (nSPS) is 27.0. The molecular weight excluding hydrogens is 114 g/mol. The van der Waals surface area contributed by atoms with Crippen LogP contribution in [-0.2, 0) is 4.74 Å². The molecule has 54 valence electrons. The highest BCUT2D eigenvalue weighted by molar-refractivity contribution is 4.63. The van der Waals surface area contributed by atoms with Gasteiger partial charge in [-0.05, 0) is 25.2 Å². The van der Waals surface area contributed by atoms with Crippen LogP contribution >= 0.6 is 0 Å². The van der Waals surface area contributed by atoms with Gasteiger partial charge in [-0.3, -0.25) is 0 Å². The Labute approximate surface area is 56.4 Å². The van der Waals surface area contributed by atoms with Gasteiger partial charge in [0, 0.05) is 13.2 Å². The van der Waals surface area contributed by atoms with E-state index in [9.17, 15) is 0 Å². The fourth-order valence-electron chi connectivity index (χ4n) is 1.24. The predicted molar refractivity (Wildman–Crippen MR) is 35.9 cm³/mol. The molecule has 3 N–H and O–H groups in total. The Hall–Kier alpha value is -0.0800. The molecular formula is C7H16NO+. The lowest BCUT2D eigenvalue weighted by Crippen LogP contribution is -2.50. The summed E-state index contributed by atoms with van der Waals surface area (Å²) in [6, 6.07) is 0. The highest BCUT2D eigenvalue weighted by Gasteiger charge is 2.14. The molecule has 0 spiro atoms. The monoisotopic (exact) mass is 130 g/mol. The van der Waals surface area contributed by atoms with E-state index in [0.29, 0.717) is 0 Å². The molecule has 1 saturated heterocycles. The first-order valence-electron chi connectivity index (χ1n) is 3.80. The van der Waals surface area contributed by atoms with E-state index >= 15 is 0 Å². The zero-order chi connectivity index (χ0) is 6.53. The van der Waals surface area contributed by atoms with E-state index < -0.39 is 0 Å². The van der Waals surface area contributed by atoms with Crippen LogP contribution in [0.2, 0.25) is 0 Å². The van der Waals surface area contributed by atoms with Crippen LogP contribution in [0, 0.1) is 5.92 Å². The number of ether oxygens (including phenoxy) is 1. The topological polar surface area (TPSA) is 36.9 Å². The number of hydrogen-bond donors (Lipinski definition) is 1. The van der Waals surface area contributed by atoms with E-state index in [1.165, 1.54) is 19.3 Å². The first-order chi connectivity index (χ1) is 4.43. The van der Waals surface area contributed by atoms with E-state index in [4.69, 9.17) is 4.74 Å². The third-order valence-corrected chi connectivity index (χ3v) is 1.89. The number of hydrogen-bond acceptors (Lipinski definition) is 1. The lowest BCUT2D eigenvalue weighted by molar-refractivity contribution is -0.368. The molecule has 0 aliphatic carbocycles. The van der Waals surface area contributed by atoms with Gasteiger partial charge in [-0.25, -0.2) is 0 Å². The molecule has 0 aromatic heterocycles. The Morgan fingerprint density at radius 2 is 2.44 bits per heavy atom. The van der Waals surface area contributed by atoms with E-state index in [2.05, 4.69) is 5.73 Å². The average molecular weight is 130 g/mol. The molecule has 0 aromatic carbocycles. The van der Waals surface area contributed by atoms with Crippen LogP contribution in [0.4, 0.5) is 0 Å². The van der Waals surface area contributed by atoms with Crippen molar-refractivity contribution in [3.8, 4) is 0 Å². The van der Waals surface area contributed by atoms with Crippen molar-refractivity contribution in [3.63, 3.8) is 0 Å². The number of rotatable bonds is 3. The highest BCUT2D eigenvalue weighted by atomic mass is 16.5. The summed E-state index contributed by atoms with van der Waals surface area (Å²) in [7, 11) is 0. The highest BCUT2D eigenvalue weighted by Crippen LogP contribution is 2.16. The lowest BCUT2D eigenvalue weighted by Gasteiger charge is -2.02. The fourth-order valence-corrected chi connectivity index (χ4v) is 1.24. The Morgan fingerprint density at radius 1 is 1.56 bits per heavy atom. The van der Waals surface area contributed by atoms with Crippen molar-refractivity contribution in [2.75, 3.05) is 19.8 Å². The van der Waals surface area contributed by atoms with E-state index in [1.54, 1.807) is 0 Å². The summed E-state index contributed by atoms with van der Waals surface area (Å²) < 4.78 is 5.23. The number of quaternary nitrogens is 1. The van der Waals surface area contributed by atoms with Gasteiger partial charge in [0.05, 0.1) is 6.54 Å². The molecule has 1 atom stereocenters. The molecule has 0 unspecified atom stereocenters. The van der Waals surface area contributed by atoms with Gasteiger partial charge in [0.25, 0.3) is 0 Å². The molecule has 1 aliphatic heterocycles. The van der Waals surface area contributed by atoms with Gasteiger partial charge in [0.15, 0.2) is 0 Å². The van der Waals surface area contributed by atoms with Crippen LogP contribution in [0.1, 0.15) is 19.3 Å². The molecule has 9 heavy (non-hydrogen) atoms. The maximum Gasteiger partial charge on any atom is 0.0739 e. The molecule has 2 heteroatoms. The average Bonchev–Trinajstić information content (AvgIpc) is 2.34. The summed E-state index contributed by atoms with van der Waals surface area (Å²) in [6.07, 6.45) is 3.87. The molecule has 1 rings (SSSR count). The fraction of sp³-hybridized carbons (Fsp3) is 1.00. The van der Waals surface area contributed by atoms with Gasteiger partial charge in [0.1, 0.15) is 0 Å². The second kappa shape index (κ2) is 3.85. The van der Waals surface area contributed by atoms with Crippen molar-refractivity contribution < 1.29 is 10.5 Å². The van der Waals surface area contributed by atoms with Crippen molar-refractivity contribution >= 4 is 0 Å². The van der Waals surface area contributed by atoms with Gasteiger partial charge in [-0.1, -0.05) is 0 Å². The minimum Gasteiger partial charge on any atom is -0.381 e. The smallest absolute Gasteiger partial charge is 0.0739 e. The summed E-state index contributed by atoms with van der Waals surface area (Å²) >= 11 is 0. The Morgan fingerprint density at radius 3 is 3.00 bits per heavy atom. The van der Waals surface area contributed by atoms with Gasteiger partial charge < -0.3 is 10.5 Å². The van der Waals surface area contributed by atoms with Crippen LogP contribution in [0.5, 0.6) is 0 Å². The minimum absolute atomic E-state index is 0.853. The van der Waals surface area contributed by atoms with Crippen LogP contribution in [-0.4, -0.2) is 19.8 Å². The Bertz CT molecular complexity index is 69.3. The van der Waals surface area contributed by atoms with E-state index in [-0.39, 0.29) is 0 Å². The van der Waals surface area contributed by atoms with Crippen molar-refractivity contribution in [3.05, 3.63) is 0 Å². The maximum absolute atomic E-state index is 5.23. The molecule has 0 radical (unpaired) electrons. The van der Waals surface area contributed by atoms with E-state index in [0.717, 1.165) is 25.7 Å². The Balaban J connectivity index is 1.98. The third-order valence-electron chi connectivity index (χ3n) is 1.89. The Kier molecular flexibility index (Phi) is 3.01. The van der Waals surface area contributed by atoms with Crippen LogP contribution in [0.3, 0.4) is 0 Å². The molecule has 1 aliphatic rings. The SMILES string of the molecule is [NH3+]CCC[C@@H]1CCOC1. The van der Waals surface area contributed by atoms with Gasteiger partial charge >= 0.3 is 0 Å². The molecule has 1 heterocycles. The summed E-state index contributed by atoms with van der Waals surface area (Å²) in [5.41, 5.74) is 3.81. The van der Waals surface area contributed by atoms with Gasteiger partial charge in [0.2, 0.25) is 0 Å². The quantitative estimate of drug-likeness (QED) is 0.575. The van der Waals surface area contributed by atoms with Crippen LogP contribution in [0.15, 0.2) is 0 Å². The molecule has 2 nitrogen and oxygen atoms in total. The molecule has 1 fully saturated rings. The standard InChI is InChI=1S/C7H15NO/c8-4-1-2-7-3-5-9-6-7/h7H,1-6,8H2/p+1/t7-/m1/s1. The predicted octanol–water partition coefficient (Wildman–Crippen LogP) is 0.0450. The van der Waals surface area contributed by atoms with Crippen LogP contribution < -0.4 is 5.73 Å². The molecule has 0 bridgehead atoms. The van der Waals surface area contributed by atoms with Gasteiger partial charge in [-0.15, -0.1) is 0 Å². The van der Waals surface area contributed by atoms with Gasteiger partial charge in [-0.2, -0.15) is 0 Å². The van der Waals surface area contributed by atoms with Crippen molar-refractivity contribution in [2.45, 2.75) is 19.3 Å². The largest absolute Gasteiger partial charge is 0.381 e. The zero-order valence-corrected chi connectivity index (χ0v) is 5.94. The second-order valence-electron chi connectivity index (χ2n) is 2.73. The summed E-state index contributed by atoms with van der Waals surface area (Å²) in [5, 5.41) is 0. The first-order valence-corrected chi connectivity index (χ1v) is 3.80.